The number of aliphatic hydroxyl groups excluding tert-OH is 1. The Bertz CT molecular complexity index is 538. The van der Waals surface area contributed by atoms with Gasteiger partial charge in [-0.15, -0.1) is 11.3 Å². The molecule has 0 aliphatic rings. The van der Waals surface area contributed by atoms with E-state index in [1.54, 1.807) is 11.3 Å². The lowest BCUT2D eigenvalue weighted by Gasteiger charge is -2.09. The van der Waals surface area contributed by atoms with Crippen LogP contribution >= 0.6 is 49.9 Å². The van der Waals surface area contributed by atoms with Crippen LogP contribution in [0.2, 0.25) is 0 Å². The predicted octanol–water partition coefficient (Wildman–Crippen LogP) is 3.43. The third-order valence-electron chi connectivity index (χ3n) is 2.62. The van der Waals surface area contributed by atoms with Crippen molar-refractivity contribution in [2.24, 2.45) is 7.05 Å². The molecule has 3 nitrogen and oxygen atoms in total. The van der Waals surface area contributed by atoms with Crippen molar-refractivity contribution in [1.29, 1.82) is 0 Å². The van der Waals surface area contributed by atoms with E-state index in [2.05, 4.69) is 43.6 Å². The topological polar surface area (TPSA) is 38.0 Å². The van der Waals surface area contributed by atoms with Gasteiger partial charge >= 0.3 is 0 Å². The molecule has 0 saturated carbocycles. The summed E-state index contributed by atoms with van der Waals surface area (Å²) in [5, 5.41) is 16.5. The number of halogens is 2. The molecule has 0 aliphatic carbocycles. The average Bonchev–Trinajstić information content (AvgIpc) is 2.79. The molecule has 6 heteroatoms. The van der Waals surface area contributed by atoms with Gasteiger partial charge in [-0.1, -0.05) is 0 Å². The van der Waals surface area contributed by atoms with E-state index in [9.17, 15) is 5.11 Å². The van der Waals surface area contributed by atoms with E-state index >= 15 is 0 Å². The van der Waals surface area contributed by atoms with Crippen molar-refractivity contribution in [3.8, 4) is 0 Å². The predicted molar refractivity (Wildman–Crippen MR) is 81.3 cm³/mol. The average molecular weight is 427 g/mol. The van der Waals surface area contributed by atoms with Gasteiger partial charge in [-0.3, -0.25) is 4.68 Å². The molecule has 0 spiro atoms. The Hall–Kier alpha value is 0.0800. The van der Waals surface area contributed by atoms with Gasteiger partial charge in [0.2, 0.25) is 0 Å². The molecule has 0 fully saturated rings. The van der Waals surface area contributed by atoms with Crippen molar-refractivity contribution < 1.29 is 5.11 Å². The molecule has 1 atom stereocenters. The Morgan fingerprint density at radius 2 is 2.35 bits per heavy atom. The van der Waals surface area contributed by atoms with Crippen LogP contribution in [0, 0.1) is 9.81 Å². The Kier molecular flexibility index (Phi) is 4.27. The molecule has 0 aliphatic heterocycles. The Morgan fingerprint density at radius 3 is 2.82 bits per heavy atom. The maximum atomic E-state index is 10.2. The summed E-state index contributed by atoms with van der Waals surface area (Å²) in [7, 11) is 1.90. The minimum absolute atomic E-state index is 0.471. The molecule has 0 saturated heterocycles. The van der Waals surface area contributed by atoms with Crippen LogP contribution < -0.4 is 0 Å². The summed E-state index contributed by atoms with van der Waals surface area (Å²) in [6.45, 7) is 1.95. The summed E-state index contributed by atoms with van der Waals surface area (Å²) in [5.41, 5.74) is 2.95. The Morgan fingerprint density at radius 1 is 1.65 bits per heavy atom. The standard InChI is InChI=1S/C11H12BrIN2OS/c1-6-11(12)8(15(2)14-6)4-9(16)7-3-10(13)17-5-7/h3,5,9,16H,4H2,1-2H3. The second kappa shape index (κ2) is 5.38. The summed E-state index contributed by atoms with van der Waals surface area (Å²) in [6.07, 6.45) is 0.103. The van der Waals surface area contributed by atoms with Crippen LogP contribution in [0.1, 0.15) is 23.1 Å². The maximum Gasteiger partial charge on any atom is 0.0854 e. The van der Waals surface area contributed by atoms with Gasteiger partial charge in [-0.2, -0.15) is 5.10 Å². The fourth-order valence-corrected chi connectivity index (χ4v) is 3.62. The van der Waals surface area contributed by atoms with Crippen LogP contribution in [0.15, 0.2) is 15.9 Å². The smallest absolute Gasteiger partial charge is 0.0854 e. The van der Waals surface area contributed by atoms with Crippen molar-refractivity contribution in [3.05, 3.63) is 35.8 Å². The lowest BCUT2D eigenvalue weighted by molar-refractivity contribution is 0.176. The number of nitrogens with zero attached hydrogens (tertiary/aromatic N) is 2. The molecule has 1 unspecified atom stereocenters. The third kappa shape index (κ3) is 2.91. The first-order valence-corrected chi connectivity index (χ1v) is 7.84. The van der Waals surface area contributed by atoms with Gasteiger partial charge in [0.05, 0.1) is 24.8 Å². The minimum Gasteiger partial charge on any atom is -0.388 e. The Labute approximate surface area is 126 Å². The van der Waals surface area contributed by atoms with Crippen LogP contribution in [0.4, 0.5) is 0 Å². The molecule has 0 amide bonds. The molecule has 2 heterocycles. The molecule has 92 valence electrons. The molecular weight excluding hydrogens is 415 g/mol. The third-order valence-corrected chi connectivity index (χ3v) is 5.46. The largest absolute Gasteiger partial charge is 0.388 e. The van der Waals surface area contributed by atoms with Crippen LogP contribution in [0.25, 0.3) is 0 Å². The summed E-state index contributed by atoms with van der Waals surface area (Å²) >= 11 is 7.43. The summed E-state index contributed by atoms with van der Waals surface area (Å²) in [5.74, 6) is 0. The summed E-state index contributed by atoms with van der Waals surface area (Å²) in [4.78, 5) is 0. The van der Waals surface area contributed by atoms with E-state index in [1.165, 1.54) is 2.88 Å². The van der Waals surface area contributed by atoms with Gasteiger partial charge in [0, 0.05) is 13.5 Å². The van der Waals surface area contributed by atoms with E-state index in [0.717, 1.165) is 21.4 Å². The molecule has 0 aromatic carbocycles. The normalized spacial score (nSPS) is 13.0. The highest BCUT2D eigenvalue weighted by Crippen LogP contribution is 2.28. The second-order valence-corrected chi connectivity index (χ2v) is 7.47. The molecular formula is C11H12BrIN2OS. The SMILES string of the molecule is Cc1nn(C)c(CC(O)c2csc(I)c2)c1Br. The zero-order valence-corrected chi connectivity index (χ0v) is 14.0. The first-order valence-electron chi connectivity index (χ1n) is 5.09. The molecule has 2 rings (SSSR count). The second-order valence-electron chi connectivity index (χ2n) is 3.87. The highest BCUT2D eigenvalue weighted by Gasteiger charge is 2.17. The fourth-order valence-electron chi connectivity index (χ4n) is 1.70. The van der Waals surface area contributed by atoms with Gasteiger partial charge in [0.25, 0.3) is 0 Å². The van der Waals surface area contributed by atoms with Gasteiger partial charge in [0.1, 0.15) is 0 Å². The van der Waals surface area contributed by atoms with E-state index in [-0.39, 0.29) is 0 Å². The summed E-state index contributed by atoms with van der Waals surface area (Å²) < 4.78 is 4.00. The number of aromatic nitrogens is 2. The van der Waals surface area contributed by atoms with Crippen LogP contribution in [0.5, 0.6) is 0 Å². The number of hydrogen-bond donors (Lipinski definition) is 1. The molecule has 0 radical (unpaired) electrons. The van der Waals surface area contributed by atoms with Gasteiger partial charge in [0.15, 0.2) is 0 Å². The first kappa shape index (κ1) is 13.5. The molecule has 17 heavy (non-hydrogen) atoms. The summed E-state index contributed by atoms with van der Waals surface area (Å²) in [6, 6.07) is 2.02. The number of rotatable bonds is 3. The number of thiophene rings is 1. The van der Waals surface area contributed by atoms with Crippen LogP contribution in [-0.2, 0) is 13.5 Å². The minimum atomic E-state index is -0.471. The molecule has 0 bridgehead atoms. The monoisotopic (exact) mass is 426 g/mol. The van der Waals surface area contributed by atoms with Crippen LogP contribution in [0.3, 0.4) is 0 Å². The highest BCUT2D eigenvalue weighted by molar-refractivity contribution is 14.1. The van der Waals surface area contributed by atoms with E-state index in [0.29, 0.717) is 6.42 Å². The highest BCUT2D eigenvalue weighted by atomic mass is 127. The van der Waals surface area contributed by atoms with E-state index in [1.807, 2.05) is 30.1 Å². The number of aryl methyl sites for hydroxylation is 2. The molecule has 2 aromatic heterocycles. The fraction of sp³-hybridized carbons (Fsp3) is 0.364. The van der Waals surface area contributed by atoms with E-state index < -0.39 is 6.10 Å². The van der Waals surface area contributed by atoms with Crippen LogP contribution in [-0.4, -0.2) is 14.9 Å². The Balaban J connectivity index is 2.21. The van der Waals surface area contributed by atoms with Gasteiger partial charge in [-0.05, 0) is 62.5 Å². The quantitative estimate of drug-likeness (QED) is 0.763. The number of hydrogen-bond acceptors (Lipinski definition) is 3. The van der Waals surface area contributed by atoms with E-state index in [4.69, 9.17) is 0 Å². The van der Waals surface area contributed by atoms with Crippen molar-refractivity contribution in [1.82, 2.24) is 9.78 Å². The van der Waals surface area contributed by atoms with Crippen molar-refractivity contribution >= 4 is 49.9 Å². The molecule has 2 aromatic rings. The zero-order chi connectivity index (χ0) is 12.6. The van der Waals surface area contributed by atoms with Crippen molar-refractivity contribution in [2.45, 2.75) is 19.4 Å². The molecule has 1 N–H and O–H groups in total. The van der Waals surface area contributed by atoms with Crippen molar-refractivity contribution in [3.63, 3.8) is 0 Å². The maximum absolute atomic E-state index is 10.2. The van der Waals surface area contributed by atoms with Gasteiger partial charge < -0.3 is 5.11 Å². The van der Waals surface area contributed by atoms with Gasteiger partial charge in [-0.25, -0.2) is 0 Å². The van der Waals surface area contributed by atoms with Crippen molar-refractivity contribution in [2.75, 3.05) is 0 Å². The number of aliphatic hydroxyl groups is 1. The first-order chi connectivity index (χ1) is 7.99. The lowest BCUT2D eigenvalue weighted by Crippen LogP contribution is -2.06. The zero-order valence-electron chi connectivity index (χ0n) is 9.44. The lowest BCUT2D eigenvalue weighted by atomic mass is 10.1.